The van der Waals surface area contributed by atoms with Crippen LogP contribution in [0.1, 0.15) is 41.5 Å². The van der Waals surface area contributed by atoms with E-state index in [0.29, 0.717) is 0 Å². The van der Waals surface area contributed by atoms with E-state index >= 15 is 0 Å². The van der Waals surface area contributed by atoms with E-state index in [1.54, 1.807) is 5.56 Å². The van der Waals surface area contributed by atoms with Crippen LogP contribution in [-0.4, -0.2) is 48.6 Å². The van der Waals surface area contributed by atoms with Gasteiger partial charge in [-0.25, -0.2) is 0 Å². The average molecular weight is 308 g/mol. The number of fused-ring (bicyclic) bond motifs is 1. The molecule has 2 aliphatic rings. The summed E-state index contributed by atoms with van der Waals surface area (Å²) < 4.78 is 0. The lowest BCUT2D eigenvalue weighted by atomic mass is 10.1. The summed E-state index contributed by atoms with van der Waals surface area (Å²) in [6.07, 6.45) is 4.03. The highest BCUT2D eigenvalue weighted by molar-refractivity contribution is 7.12. The predicted octanol–water partition coefficient (Wildman–Crippen LogP) is 2.84. The summed E-state index contributed by atoms with van der Waals surface area (Å²) in [6, 6.07) is 3.27. The first kappa shape index (κ1) is 15.5. The summed E-state index contributed by atoms with van der Waals surface area (Å²) in [5, 5.41) is 3.52. The second kappa shape index (κ2) is 7.23. The molecule has 1 aromatic rings. The Kier molecular flexibility index (Phi) is 5.33. The monoisotopic (exact) mass is 307 g/mol. The zero-order valence-corrected chi connectivity index (χ0v) is 14.3. The normalized spacial score (nSPS) is 23.6. The quantitative estimate of drug-likeness (QED) is 0.815. The number of piperazine rings is 1. The molecule has 118 valence electrons. The molecule has 1 aromatic heterocycles. The summed E-state index contributed by atoms with van der Waals surface area (Å²) in [7, 11) is 0. The van der Waals surface area contributed by atoms with Gasteiger partial charge in [-0.05, 0) is 50.9 Å². The lowest BCUT2D eigenvalue weighted by Gasteiger charge is -2.37. The van der Waals surface area contributed by atoms with Crippen LogP contribution in [0.5, 0.6) is 0 Å². The lowest BCUT2D eigenvalue weighted by Crippen LogP contribution is -2.49. The number of aryl methyl sites for hydroxylation is 1. The van der Waals surface area contributed by atoms with Gasteiger partial charge in [0.05, 0.1) is 0 Å². The van der Waals surface area contributed by atoms with Crippen LogP contribution in [0.15, 0.2) is 6.07 Å². The number of hydrogen-bond acceptors (Lipinski definition) is 4. The van der Waals surface area contributed by atoms with E-state index in [0.717, 1.165) is 25.7 Å². The zero-order valence-electron chi connectivity index (χ0n) is 13.5. The standard InChI is InChI=1S/C17H29N3S/c1-3-6-18-11-17-10-15(14(2)21-17)12-19-8-9-20-7-4-5-16(20)13-19/h10,16,18H,3-9,11-13H2,1-2H3. The van der Waals surface area contributed by atoms with E-state index in [2.05, 4.69) is 35.0 Å². The summed E-state index contributed by atoms with van der Waals surface area (Å²) in [5.74, 6) is 0. The molecule has 0 bridgehead atoms. The van der Waals surface area contributed by atoms with E-state index in [9.17, 15) is 0 Å². The minimum Gasteiger partial charge on any atom is -0.312 e. The SMILES string of the molecule is CCCNCc1cc(CN2CCN3CCCC3C2)c(C)s1. The van der Waals surface area contributed by atoms with Crippen LogP contribution in [0.3, 0.4) is 0 Å². The van der Waals surface area contributed by atoms with Crippen molar-refractivity contribution in [3.05, 3.63) is 21.4 Å². The van der Waals surface area contributed by atoms with Crippen molar-refractivity contribution < 1.29 is 0 Å². The predicted molar refractivity (Wildman–Crippen MR) is 90.9 cm³/mol. The fourth-order valence-corrected chi connectivity index (χ4v) is 4.68. The van der Waals surface area contributed by atoms with Crippen LogP contribution in [0, 0.1) is 6.92 Å². The molecule has 3 nitrogen and oxygen atoms in total. The van der Waals surface area contributed by atoms with E-state index < -0.39 is 0 Å². The van der Waals surface area contributed by atoms with Crippen molar-refractivity contribution in [2.45, 2.75) is 52.2 Å². The van der Waals surface area contributed by atoms with E-state index in [4.69, 9.17) is 0 Å². The van der Waals surface area contributed by atoms with Crippen molar-refractivity contribution >= 4 is 11.3 Å². The van der Waals surface area contributed by atoms with Gasteiger partial charge in [-0.2, -0.15) is 0 Å². The van der Waals surface area contributed by atoms with Gasteiger partial charge < -0.3 is 5.32 Å². The van der Waals surface area contributed by atoms with Crippen LogP contribution in [-0.2, 0) is 13.1 Å². The molecule has 2 fully saturated rings. The minimum atomic E-state index is 0.836. The molecule has 0 aromatic carbocycles. The van der Waals surface area contributed by atoms with Crippen LogP contribution < -0.4 is 5.32 Å². The van der Waals surface area contributed by atoms with Crippen LogP contribution in [0.2, 0.25) is 0 Å². The Morgan fingerprint density at radius 1 is 1.33 bits per heavy atom. The molecule has 1 atom stereocenters. The number of nitrogens with zero attached hydrogens (tertiary/aromatic N) is 2. The van der Waals surface area contributed by atoms with Gasteiger partial charge in [-0.1, -0.05) is 6.92 Å². The van der Waals surface area contributed by atoms with E-state index in [1.807, 2.05) is 11.3 Å². The summed E-state index contributed by atoms with van der Waals surface area (Å²) >= 11 is 1.97. The van der Waals surface area contributed by atoms with Crippen LogP contribution in [0.4, 0.5) is 0 Å². The highest BCUT2D eigenvalue weighted by Gasteiger charge is 2.30. The summed E-state index contributed by atoms with van der Waals surface area (Å²) in [4.78, 5) is 8.37. The molecular weight excluding hydrogens is 278 g/mol. The van der Waals surface area contributed by atoms with E-state index in [1.165, 1.54) is 55.2 Å². The molecule has 0 amide bonds. The molecule has 1 unspecified atom stereocenters. The highest BCUT2D eigenvalue weighted by atomic mass is 32.1. The van der Waals surface area contributed by atoms with Gasteiger partial charge in [0.2, 0.25) is 0 Å². The van der Waals surface area contributed by atoms with Gasteiger partial charge in [-0.15, -0.1) is 11.3 Å². The van der Waals surface area contributed by atoms with E-state index in [-0.39, 0.29) is 0 Å². The molecule has 2 aliphatic heterocycles. The fraction of sp³-hybridized carbons (Fsp3) is 0.765. The van der Waals surface area contributed by atoms with Crippen molar-refractivity contribution in [3.8, 4) is 0 Å². The Labute approximate surface area is 133 Å². The molecule has 0 saturated carbocycles. The molecule has 0 spiro atoms. The number of nitrogens with one attached hydrogen (secondary N) is 1. The van der Waals surface area contributed by atoms with Crippen LogP contribution in [0.25, 0.3) is 0 Å². The minimum absolute atomic E-state index is 0.836. The maximum Gasteiger partial charge on any atom is 0.0299 e. The zero-order chi connectivity index (χ0) is 14.7. The Morgan fingerprint density at radius 2 is 2.24 bits per heavy atom. The van der Waals surface area contributed by atoms with Gasteiger partial charge >= 0.3 is 0 Å². The Balaban J connectivity index is 1.54. The largest absolute Gasteiger partial charge is 0.312 e. The second-order valence-corrected chi connectivity index (χ2v) is 7.88. The third-order valence-electron chi connectivity index (χ3n) is 4.86. The first-order chi connectivity index (χ1) is 10.3. The van der Waals surface area contributed by atoms with Gasteiger partial charge in [0.25, 0.3) is 0 Å². The smallest absolute Gasteiger partial charge is 0.0299 e. The molecule has 3 heterocycles. The Morgan fingerprint density at radius 3 is 3.10 bits per heavy atom. The van der Waals surface area contributed by atoms with Crippen molar-refractivity contribution in [1.29, 1.82) is 0 Å². The highest BCUT2D eigenvalue weighted by Crippen LogP contribution is 2.26. The molecule has 1 N–H and O–H groups in total. The molecule has 0 aliphatic carbocycles. The number of hydrogen-bond donors (Lipinski definition) is 1. The Bertz CT molecular complexity index is 457. The maximum absolute atomic E-state index is 3.52. The van der Waals surface area contributed by atoms with Crippen molar-refractivity contribution in [2.24, 2.45) is 0 Å². The first-order valence-corrected chi connectivity index (χ1v) is 9.33. The Hall–Kier alpha value is -0.420. The van der Waals surface area contributed by atoms with Crippen molar-refractivity contribution in [3.63, 3.8) is 0 Å². The topological polar surface area (TPSA) is 18.5 Å². The molecule has 3 rings (SSSR count). The van der Waals surface area contributed by atoms with Gasteiger partial charge in [0.1, 0.15) is 0 Å². The molecule has 2 saturated heterocycles. The summed E-state index contributed by atoms with van der Waals surface area (Å²) in [5.41, 5.74) is 1.56. The van der Waals surface area contributed by atoms with Gasteiger partial charge in [-0.3, -0.25) is 9.80 Å². The fourth-order valence-electron chi connectivity index (χ4n) is 3.66. The molecule has 4 heteroatoms. The second-order valence-electron chi connectivity index (χ2n) is 6.54. The van der Waals surface area contributed by atoms with Crippen molar-refractivity contribution in [2.75, 3.05) is 32.7 Å². The van der Waals surface area contributed by atoms with Crippen molar-refractivity contribution in [1.82, 2.24) is 15.1 Å². The lowest BCUT2D eigenvalue weighted by molar-refractivity contribution is 0.0993. The molecular formula is C17H29N3S. The number of thiophene rings is 1. The average Bonchev–Trinajstić information content (AvgIpc) is 3.06. The third-order valence-corrected chi connectivity index (χ3v) is 5.96. The maximum atomic E-state index is 3.52. The van der Waals surface area contributed by atoms with Gasteiger partial charge in [0, 0.05) is 48.5 Å². The molecule has 21 heavy (non-hydrogen) atoms. The molecule has 0 radical (unpaired) electrons. The summed E-state index contributed by atoms with van der Waals surface area (Å²) in [6.45, 7) is 13.0. The first-order valence-electron chi connectivity index (χ1n) is 8.51. The third kappa shape index (κ3) is 3.86. The number of rotatable bonds is 6. The van der Waals surface area contributed by atoms with Gasteiger partial charge in [0.15, 0.2) is 0 Å². The van der Waals surface area contributed by atoms with Crippen LogP contribution >= 0.6 is 11.3 Å².